The molecule has 1 aliphatic rings. The number of nitrogens with two attached hydrogens (primary N) is 1. The van der Waals surface area contributed by atoms with Gasteiger partial charge in [-0.05, 0) is 30.5 Å². The molecule has 0 radical (unpaired) electrons. The Bertz CT molecular complexity index is 463. The summed E-state index contributed by atoms with van der Waals surface area (Å²) < 4.78 is 5.47. The molecular weight excluding hydrogens is 311 g/mol. The van der Waals surface area contributed by atoms with Crippen molar-refractivity contribution in [2.75, 3.05) is 26.3 Å². The molecule has 1 amide bonds. The minimum absolute atomic E-state index is 0. The third-order valence-electron chi connectivity index (χ3n) is 3.88. The van der Waals surface area contributed by atoms with Crippen molar-refractivity contribution in [2.24, 2.45) is 5.73 Å². The zero-order valence-corrected chi connectivity index (χ0v) is 13.5. The molecule has 118 valence electrons. The summed E-state index contributed by atoms with van der Waals surface area (Å²) >= 11 is 6.10. The number of carbonyl (C=O) groups is 1. The first-order valence-electron chi connectivity index (χ1n) is 6.97. The van der Waals surface area contributed by atoms with Crippen LogP contribution in [0.1, 0.15) is 24.8 Å². The molecule has 1 aromatic rings. The maximum Gasteiger partial charge on any atom is 0.221 e. The summed E-state index contributed by atoms with van der Waals surface area (Å²) in [6.45, 7) is 2.40. The summed E-state index contributed by atoms with van der Waals surface area (Å²) in [5, 5.41) is 3.72. The van der Waals surface area contributed by atoms with Gasteiger partial charge in [-0.25, -0.2) is 0 Å². The predicted octanol–water partition coefficient (Wildman–Crippen LogP) is 2.28. The highest BCUT2D eigenvalue weighted by atomic mass is 35.5. The first kappa shape index (κ1) is 18.2. The van der Waals surface area contributed by atoms with Gasteiger partial charge in [-0.2, -0.15) is 0 Å². The van der Waals surface area contributed by atoms with Gasteiger partial charge in [0.15, 0.2) is 0 Å². The number of hydrogen-bond donors (Lipinski definition) is 2. The van der Waals surface area contributed by atoms with Crippen LogP contribution in [-0.4, -0.2) is 32.2 Å². The van der Waals surface area contributed by atoms with Gasteiger partial charge in [0.2, 0.25) is 5.91 Å². The molecule has 1 aliphatic heterocycles. The van der Waals surface area contributed by atoms with Crippen LogP contribution in [0, 0.1) is 0 Å². The Hall–Kier alpha value is -0.810. The first-order valence-corrected chi connectivity index (χ1v) is 7.35. The summed E-state index contributed by atoms with van der Waals surface area (Å²) in [4.78, 5) is 11.7. The van der Waals surface area contributed by atoms with Gasteiger partial charge in [-0.1, -0.05) is 23.7 Å². The monoisotopic (exact) mass is 332 g/mol. The van der Waals surface area contributed by atoms with Gasteiger partial charge >= 0.3 is 0 Å². The minimum atomic E-state index is -0.0899. The Morgan fingerprint density at radius 2 is 2.10 bits per heavy atom. The Labute approximate surface area is 136 Å². The van der Waals surface area contributed by atoms with Crippen molar-refractivity contribution in [1.29, 1.82) is 0 Å². The average molecular weight is 333 g/mol. The lowest BCUT2D eigenvalue weighted by atomic mass is 9.74. The SMILES string of the molecule is Cl.NCCC(=O)NCC1(c2cccc(Cl)c2)CCOCC1. The lowest BCUT2D eigenvalue weighted by Gasteiger charge is -2.38. The molecular formula is C15H22Cl2N2O2. The third kappa shape index (κ3) is 4.85. The van der Waals surface area contributed by atoms with Crippen molar-refractivity contribution in [3.8, 4) is 0 Å². The molecule has 4 nitrogen and oxygen atoms in total. The Morgan fingerprint density at radius 3 is 2.71 bits per heavy atom. The molecule has 0 unspecified atom stereocenters. The number of amides is 1. The molecule has 21 heavy (non-hydrogen) atoms. The lowest BCUT2D eigenvalue weighted by Crippen LogP contribution is -2.44. The standard InChI is InChI=1S/C15H21ClN2O2.ClH/c16-13-3-1-2-12(10-13)15(5-8-20-9-6-15)11-18-14(19)4-7-17;/h1-3,10H,4-9,11,17H2,(H,18,19);1H. The van der Waals surface area contributed by atoms with Gasteiger partial charge in [0, 0.05) is 43.2 Å². The van der Waals surface area contributed by atoms with Crippen LogP contribution in [0.4, 0.5) is 0 Å². The zero-order chi connectivity index (χ0) is 14.4. The van der Waals surface area contributed by atoms with Crippen molar-refractivity contribution in [2.45, 2.75) is 24.7 Å². The highest BCUT2D eigenvalue weighted by Gasteiger charge is 2.34. The van der Waals surface area contributed by atoms with E-state index in [0.717, 1.165) is 17.9 Å². The number of benzene rings is 1. The third-order valence-corrected chi connectivity index (χ3v) is 4.12. The number of hydrogen-bond acceptors (Lipinski definition) is 3. The molecule has 2 rings (SSSR count). The van der Waals surface area contributed by atoms with E-state index in [-0.39, 0.29) is 23.7 Å². The van der Waals surface area contributed by atoms with E-state index in [1.165, 1.54) is 5.56 Å². The molecule has 1 saturated heterocycles. The normalized spacial score (nSPS) is 16.9. The average Bonchev–Trinajstić information content (AvgIpc) is 2.46. The van der Waals surface area contributed by atoms with E-state index in [4.69, 9.17) is 22.1 Å². The van der Waals surface area contributed by atoms with Crippen molar-refractivity contribution in [3.05, 3.63) is 34.9 Å². The quantitative estimate of drug-likeness (QED) is 0.869. The van der Waals surface area contributed by atoms with Gasteiger partial charge in [-0.3, -0.25) is 4.79 Å². The molecule has 0 spiro atoms. The van der Waals surface area contributed by atoms with Crippen molar-refractivity contribution < 1.29 is 9.53 Å². The van der Waals surface area contributed by atoms with E-state index in [1.54, 1.807) is 0 Å². The fraction of sp³-hybridized carbons (Fsp3) is 0.533. The van der Waals surface area contributed by atoms with E-state index in [0.29, 0.717) is 32.7 Å². The second-order valence-electron chi connectivity index (χ2n) is 5.22. The van der Waals surface area contributed by atoms with Gasteiger partial charge in [0.05, 0.1) is 0 Å². The Kier molecular flexibility index (Phi) is 7.46. The Balaban J connectivity index is 0.00000220. The van der Waals surface area contributed by atoms with Gasteiger partial charge in [0.25, 0.3) is 0 Å². The second kappa shape index (κ2) is 8.59. The zero-order valence-electron chi connectivity index (χ0n) is 11.9. The van der Waals surface area contributed by atoms with Crippen LogP contribution >= 0.6 is 24.0 Å². The minimum Gasteiger partial charge on any atom is -0.381 e. The molecule has 0 aliphatic carbocycles. The lowest BCUT2D eigenvalue weighted by molar-refractivity contribution is -0.121. The van der Waals surface area contributed by atoms with Crippen molar-refractivity contribution in [3.63, 3.8) is 0 Å². The Morgan fingerprint density at radius 1 is 1.38 bits per heavy atom. The van der Waals surface area contributed by atoms with Crippen LogP contribution in [0.3, 0.4) is 0 Å². The summed E-state index contributed by atoms with van der Waals surface area (Å²) in [5.41, 5.74) is 6.48. The van der Waals surface area contributed by atoms with E-state index in [9.17, 15) is 4.79 Å². The molecule has 0 aromatic heterocycles. The number of nitrogens with one attached hydrogen (secondary N) is 1. The largest absolute Gasteiger partial charge is 0.381 e. The number of halogens is 2. The summed E-state index contributed by atoms with van der Waals surface area (Å²) in [6, 6.07) is 7.88. The van der Waals surface area contributed by atoms with E-state index < -0.39 is 0 Å². The molecule has 0 saturated carbocycles. The fourth-order valence-corrected chi connectivity index (χ4v) is 2.83. The molecule has 1 aromatic carbocycles. The number of ether oxygens (including phenoxy) is 1. The van der Waals surface area contributed by atoms with E-state index >= 15 is 0 Å². The van der Waals surface area contributed by atoms with Crippen LogP contribution in [0.15, 0.2) is 24.3 Å². The summed E-state index contributed by atoms with van der Waals surface area (Å²) in [6.07, 6.45) is 2.13. The summed E-state index contributed by atoms with van der Waals surface area (Å²) in [5.74, 6) is 0.000366. The van der Waals surface area contributed by atoms with Crippen LogP contribution < -0.4 is 11.1 Å². The van der Waals surface area contributed by atoms with Crippen LogP contribution in [0.2, 0.25) is 5.02 Å². The van der Waals surface area contributed by atoms with Crippen molar-refractivity contribution >= 4 is 29.9 Å². The van der Waals surface area contributed by atoms with Gasteiger partial charge in [0.1, 0.15) is 0 Å². The van der Waals surface area contributed by atoms with Gasteiger partial charge < -0.3 is 15.8 Å². The van der Waals surface area contributed by atoms with Gasteiger partial charge in [-0.15, -0.1) is 12.4 Å². The molecule has 3 N–H and O–H groups in total. The topological polar surface area (TPSA) is 64.4 Å². The predicted molar refractivity (Wildman–Crippen MR) is 87.1 cm³/mol. The molecule has 6 heteroatoms. The molecule has 0 bridgehead atoms. The maximum absolute atomic E-state index is 11.7. The highest BCUT2D eigenvalue weighted by Crippen LogP contribution is 2.35. The first-order chi connectivity index (χ1) is 9.66. The maximum atomic E-state index is 11.7. The number of rotatable bonds is 5. The van der Waals surface area contributed by atoms with Crippen LogP contribution in [0.25, 0.3) is 0 Å². The summed E-state index contributed by atoms with van der Waals surface area (Å²) in [7, 11) is 0. The highest BCUT2D eigenvalue weighted by molar-refractivity contribution is 6.30. The van der Waals surface area contributed by atoms with Crippen LogP contribution in [0.5, 0.6) is 0 Å². The van der Waals surface area contributed by atoms with E-state index in [1.807, 2.05) is 18.2 Å². The number of carbonyl (C=O) groups excluding carboxylic acids is 1. The molecule has 0 atom stereocenters. The van der Waals surface area contributed by atoms with E-state index in [2.05, 4.69) is 11.4 Å². The fourth-order valence-electron chi connectivity index (χ4n) is 2.64. The smallest absolute Gasteiger partial charge is 0.221 e. The van der Waals surface area contributed by atoms with Crippen LogP contribution in [-0.2, 0) is 14.9 Å². The second-order valence-corrected chi connectivity index (χ2v) is 5.65. The molecule has 1 heterocycles. The molecule has 1 fully saturated rings. The van der Waals surface area contributed by atoms with Crippen molar-refractivity contribution in [1.82, 2.24) is 5.32 Å².